The third-order valence-electron chi connectivity index (χ3n) is 4.12. The Morgan fingerprint density at radius 2 is 1.89 bits per heavy atom. The zero-order chi connectivity index (χ0) is 20.4. The van der Waals surface area contributed by atoms with Crippen molar-refractivity contribution in [2.45, 2.75) is 13.0 Å². The highest BCUT2D eigenvalue weighted by Gasteiger charge is 2.31. The van der Waals surface area contributed by atoms with Gasteiger partial charge in [-0.25, -0.2) is 0 Å². The van der Waals surface area contributed by atoms with Crippen molar-refractivity contribution < 1.29 is 9.72 Å². The van der Waals surface area contributed by atoms with E-state index in [1.54, 1.807) is 25.1 Å². The number of carbonyl (C=O) groups is 1. The number of carbonyl (C=O) groups excluding carboxylic acids is 1. The molecule has 2 aromatic rings. The maximum Gasteiger partial charge on any atom is 0.269 e. The summed E-state index contributed by atoms with van der Waals surface area (Å²) in [6, 6.07) is 9.96. The molecule has 1 atom stereocenters. The number of nitrogens with one attached hydrogen (secondary N) is 3. The summed E-state index contributed by atoms with van der Waals surface area (Å²) < 4.78 is 0. The van der Waals surface area contributed by atoms with Crippen LogP contribution in [-0.4, -0.2) is 15.9 Å². The number of thiocarbonyl (C=S) groups is 1. The van der Waals surface area contributed by atoms with Crippen LogP contribution in [0.25, 0.3) is 0 Å². The Morgan fingerprint density at radius 1 is 1.21 bits per heavy atom. The van der Waals surface area contributed by atoms with E-state index < -0.39 is 16.9 Å². The lowest BCUT2D eigenvalue weighted by molar-refractivity contribution is -0.384. The molecule has 0 aromatic heterocycles. The molecule has 7 nitrogen and oxygen atoms in total. The van der Waals surface area contributed by atoms with Crippen LogP contribution in [0.15, 0.2) is 53.7 Å². The Kier molecular flexibility index (Phi) is 5.83. The van der Waals surface area contributed by atoms with Crippen LogP contribution in [0.4, 0.5) is 11.4 Å². The molecule has 0 fully saturated rings. The molecule has 28 heavy (non-hydrogen) atoms. The topological polar surface area (TPSA) is 96.3 Å². The second-order valence-corrected chi connectivity index (χ2v) is 7.25. The number of nitro benzene ring substituents is 1. The lowest BCUT2D eigenvalue weighted by atomic mass is 9.95. The van der Waals surface area contributed by atoms with Crippen molar-refractivity contribution in [3.05, 3.63) is 79.5 Å². The van der Waals surface area contributed by atoms with Crippen LogP contribution < -0.4 is 16.0 Å². The molecule has 1 heterocycles. The van der Waals surface area contributed by atoms with E-state index in [4.69, 9.17) is 35.4 Å². The predicted octanol–water partition coefficient (Wildman–Crippen LogP) is 4.33. The first kappa shape index (κ1) is 20.1. The van der Waals surface area contributed by atoms with Gasteiger partial charge in [-0.1, -0.05) is 29.3 Å². The number of nitrogens with zero attached hydrogens (tertiary/aromatic N) is 1. The lowest BCUT2D eigenvalue weighted by Gasteiger charge is -2.31. The van der Waals surface area contributed by atoms with Crippen LogP contribution in [0.1, 0.15) is 18.5 Å². The number of allylic oxidation sites excluding steroid dienone is 1. The summed E-state index contributed by atoms with van der Waals surface area (Å²) >= 11 is 17.5. The molecule has 144 valence electrons. The van der Waals surface area contributed by atoms with Gasteiger partial charge in [-0.15, -0.1) is 0 Å². The van der Waals surface area contributed by atoms with Gasteiger partial charge in [0.2, 0.25) is 0 Å². The fourth-order valence-corrected chi connectivity index (χ4v) is 3.62. The Bertz CT molecular complexity index is 1010. The van der Waals surface area contributed by atoms with Crippen LogP contribution >= 0.6 is 35.4 Å². The van der Waals surface area contributed by atoms with E-state index in [0.29, 0.717) is 37.7 Å². The van der Waals surface area contributed by atoms with E-state index in [1.165, 1.54) is 24.3 Å². The monoisotopic (exact) mass is 436 g/mol. The van der Waals surface area contributed by atoms with Gasteiger partial charge in [-0.05, 0) is 49.0 Å². The van der Waals surface area contributed by atoms with Crippen LogP contribution in [0.2, 0.25) is 10.0 Å². The number of hydrogen-bond donors (Lipinski definition) is 3. The van der Waals surface area contributed by atoms with E-state index in [2.05, 4.69) is 16.0 Å². The maximum atomic E-state index is 13.0. The molecule has 0 saturated heterocycles. The van der Waals surface area contributed by atoms with Gasteiger partial charge in [-0.3, -0.25) is 14.9 Å². The minimum Gasteiger partial charge on any atom is -0.351 e. The molecule has 0 radical (unpaired) electrons. The van der Waals surface area contributed by atoms with Crippen molar-refractivity contribution in [1.82, 2.24) is 10.6 Å². The zero-order valence-corrected chi connectivity index (χ0v) is 16.8. The molecule has 0 bridgehead atoms. The number of rotatable bonds is 4. The van der Waals surface area contributed by atoms with Crippen molar-refractivity contribution in [2.24, 2.45) is 0 Å². The van der Waals surface area contributed by atoms with E-state index >= 15 is 0 Å². The number of halogens is 2. The number of non-ortho nitro benzene ring substituents is 1. The highest BCUT2D eigenvalue weighted by Crippen LogP contribution is 2.33. The third-order valence-corrected chi connectivity index (χ3v) is 4.91. The van der Waals surface area contributed by atoms with Crippen molar-refractivity contribution >= 4 is 57.8 Å². The fraction of sp³-hybridized carbons (Fsp3) is 0.111. The van der Waals surface area contributed by atoms with Gasteiger partial charge in [0.1, 0.15) is 0 Å². The number of hydrogen-bond acceptors (Lipinski definition) is 4. The maximum absolute atomic E-state index is 13.0. The second-order valence-electron chi connectivity index (χ2n) is 5.99. The highest BCUT2D eigenvalue weighted by molar-refractivity contribution is 7.80. The Balaban J connectivity index is 1.93. The van der Waals surface area contributed by atoms with Crippen LogP contribution in [0.3, 0.4) is 0 Å². The van der Waals surface area contributed by atoms with E-state index in [0.717, 1.165) is 0 Å². The number of benzene rings is 2. The normalized spacial score (nSPS) is 16.2. The van der Waals surface area contributed by atoms with Gasteiger partial charge >= 0.3 is 0 Å². The first-order valence-electron chi connectivity index (χ1n) is 8.05. The smallest absolute Gasteiger partial charge is 0.269 e. The molecule has 1 unspecified atom stereocenters. The average molecular weight is 437 g/mol. The SMILES string of the molecule is CC1=C(C(=O)Nc2ccc([N+](=O)[O-])cc2)C(c2ccc(Cl)cc2Cl)NC(=S)N1. The van der Waals surface area contributed by atoms with Gasteiger partial charge in [0.15, 0.2) is 5.11 Å². The predicted molar refractivity (Wildman–Crippen MR) is 112 cm³/mol. The van der Waals surface area contributed by atoms with Gasteiger partial charge in [-0.2, -0.15) is 0 Å². The molecular weight excluding hydrogens is 423 g/mol. The van der Waals surface area contributed by atoms with Crippen LogP contribution in [0.5, 0.6) is 0 Å². The lowest BCUT2D eigenvalue weighted by Crippen LogP contribution is -2.45. The quantitative estimate of drug-likeness (QED) is 0.374. The Hall–Kier alpha value is -2.68. The number of amides is 1. The summed E-state index contributed by atoms with van der Waals surface area (Å²) in [5.74, 6) is -0.398. The largest absolute Gasteiger partial charge is 0.351 e. The van der Waals surface area contributed by atoms with E-state index in [-0.39, 0.29) is 5.69 Å². The Morgan fingerprint density at radius 3 is 2.50 bits per heavy atom. The van der Waals surface area contributed by atoms with Crippen molar-refractivity contribution in [2.75, 3.05) is 5.32 Å². The molecule has 0 saturated carbocycles. The standard InChI is InChI=1S/C18H14Cl2N4O3S/c1-9-15(17(25)22-11-3-5-12(6-4-11)24(26)27)16(23-18(28)21-9)13-7-2-10(19)8-14(13)20/h2-8,16H,1H3,(H,22,25)(H2,21,23,28). The van der Waals surface area contributed by atoms with Crippen LogP contribution in [0, 0.1) is 10.1 Å². The fourth-order valence-electron chi connectivity index (χ4n) is 2.83. The summed E-state index contributed by atoms with van der Waals surface area (Å²) in [5, 5.41) is 20.7. The minimum absolute atomic E-state index is 0.0643. The summed E-state index contributed by atoms with van der Waals surface area (Å²) in [6.07, 6.45) is 0. The Labute approximate surface area is 175 Å². The molecule has 3 N–H and O–H groups in total. The van der Waals surface area contributed by atoms with Crippen molar-refractivity contribution in [1.29, 1.82) is 0 Å². The summed E-state index contributed by atoms with van der Waals surface area (Å²) in [5.41, 5.74) is 1.95. The molecule has 0 aliphatic carbocycles. The average Bonchev–Trinajstić information content (AvgIpc) is 2.61. The van der Waals surface area contributed by atoms with E-state index in [1.807, 2.05) is 0 Å². The number of nitro groups is 1. The third kappa shape index (κ3) is 4.24. The molecule has 1 amide bonds. The first-order chi connectivity index (χ1) is 13.3. The molecule has 0 spiro atoms. The summed E-state index contributed by atoms with van der Waals surface area (Å²) in [7, 11) is 0. The second kappa shape index (κ2) is 8.14. The molecule has 1 aliphatic heterocycles. The summed E-state index contributed by atoms with van der Waals surface area (Å²) in [6.45, 7) is 1.73. The van der Waals surface area contributed by atoms with Gasteiger partial charge in [0.05, 0.1) is 16.5 Å². The van der Waals surface area contributed by atoms with Crippen molar-refractivity contribution in [3.8, 4) is 0 Å². The van der Waals surface area contributed by atoms with Gasteiger partial charge < -0.3 is 16.0 Å². The first-order valence-corrected chi connectivity index (χ1v) is 9.21. The highest BCUT2D eigenvalue weighted by atomic mass is 35.5. The van der Waals surface area contributed by atoms with E-state index in [9.17, 15) is 14.9 Å². The van der Waals surface area contributed by atoms with Crippen molar-refractivity contribution in [3.63, 3.8) is 0 Å². The zero-order valence-electron chi connectivity index (χ0n) is 14.5. The molecule has 1 aliphatic rings. The van der Waals surface area contributed by atoms with Crippen LogP contribution in [-0.2, 0) is 4.79 Å². The number of anilines is 1. The summed E-state index contributed by atoms with van der Waals surface area (Å²) in [4.78, 5) is 23.2. The molecular formula is C18H14Cl2N4O3S. The molecule has 2 aromatic carbocycles. The minimum atomic E-state index is -0.587. The molecule has 3 rings (SSSR count). The molecule has 10 heteroatoms. The van der Waals surface area contributed by atoms with Gasteiger partial charge in [0, 0.05) is 33.6 Å². The van der Waals surface area contributed by atoms with Gasteiger partial charge in [0.25, 0.3) is 11.6 Å².